The van der Waals surface area contributed by atoms with Crippen molar-refractivity contribution in [3.05, 3.63) is 65.5 Å². The van der Waals surface area contributed by atoms with Crippen molar-refractivity contribution in [1.29, 1.82) is 0 Å². The van der Waals surface area contributed by atoms with Crippen LogP contribution >= 0.6 is 11.6 Å². The first-order valence-corrected chi connectivity index (χ1v) is 10.7. The molecule has 0 spiro atoms. The Kier molecular flexibility index (Phi) is 5.59. The minimum atomic E-state index is -4.43. The van der Waals surface area contributed by atoms with Crippen molar-refractivity contribution in [2.24, 2.45) is 0 Å². The fourth-order valence-corrected chi connectivity index (χ4v) is 4.45. The normalized spacial score (nSPS) is 11.5. The number of rotatable bonds is 6. The molecule has 3 heterocycles. The van der Waals surface area contributed by atoms with Crippen LogP contribution in [0.5, 0.6) is 5.88 Å². The van der Waals surface area contributed by atoms with Crippen LogP contribution in [0.1, 0.15) is 10.5 Å². The van der Waals surface area contributed by atoms with Gasteiger partial charge >= 0.3 is 5.97 Å². The van der Waals surface area contributed by atoms with E-state index in [1.165, 1.54) is 23.9 Å². The van der Waals surface area contributed by atoms with Crippen molar-refractivity contribution in [1.82, 2.24) is 19.4 Å². The summed E-state index contributed by atoms with van der Waals surface area (Å²) in [5.41, 5.74) is -1.62. The second-order valence-electron chi connectivity index (χ2n) is 6.52. The maximum absolute atomic E-state index is 15.3. The minimum absolute atomic E-state index is 0.00289. The van der Waals surface area contributed by atoms with Crippen molar-refractivity contribution in [3.63, 3.8) is 0 Å². The number of benzene rings is 1. The van der Waals surface area contributed by atoms with E-state index in [-0.39, 0.29) is 27.8 Å². The molecule has 0 aliphatic rings. The highest BCUT2D eigenvalue weighted by Gasteiger charge is 2.25. The third-order valence-electron chi connectivity index (χ3n) is 4.47. The lowest BCUT2D eigenvalue weighted by Gasteiger charge is -2.14. The zero-order chi connectivity index (χ0) is 23.9. The Bertz CT molecular complexity index is 1530. The van der Waals surface area contributed by atoms with E-state index in [4.69, 9.17) is 21.4 Å². The molecule has 0 unspecified atom stereocenters. The van der Waals surface area contributed by atoms with E-state index in [0.29, 0.717) is 0 Å². The van der Waals surface area contributed by atoms with Crippen LogP contribution in [-0.2, 0) is 10.0 Å². The molecule has 3 aromatic heterocycles. The maximum atomic E-state index is 15.3. The molecule has 0 saturated heterocycles. The van der Waals surface area contributed by atoms with Gasteiger partial charge in [-0.1, -0.05) is 11.6 Å². The molecule has 0 fully saturated rings. The van der Waals surface area contributed by atoms with Gasteiger partial charge in [-0.15, -0.1) is 0 Å². The molecule has 0 saturated carbocycles. The van der Waals surface area contributed by atoms with Crippen LogP contribution in [-0.4, -0.2) is 46.0 Å². The zero-order valence-corrected chi connectivity index (χ0v) is 18.0. The van der Waals surface area contributed by atoms with Gasteiger partial charge in [0.25, 0.3) is 10.0 Å². The number of aromatic carboxylic acids is 1. The number of anilines is 1. The molecule has 0 amide bonds. The summed E-state index contributed by atoms with van der Waals surface area (Å²) in [7, 11) is -3.24. The average Bonchev–Trinajstić information content (AvgIpc) is 3.19. The molecule has 1 aromatic carbocycles. The van der Waals surface area contributed by atoms with Gasteiger partial charge in [-0.2, -0.15) is 0 Å². The highest BCUT2D eigenvalue weighted by Crippen LogP contribution is 2.33. The van der Waals surface area contributed by atoms with Crippen LogP contribution in [0.15, 0.2) is 48.0 Å². The molecule has 170 valence electrons. The molecule has 0 radical (unpaired) electrons. The molecule has 0 aliphatic carbocycles. The third kappa shape index (κ3) is 4.03. The van der Waals surface area contributed by atoms with Gasteiger partial charge in [0.2, 0.25) is 5.88 Å². The lowest BCUT2D eigenvalue weighted by molar-refractivity contribution is 0.0693. The summed E-state index contributed by atoms with van der Waals surface area (Å²) in [6, 6.07) is 2.83. The quantitative estimate of drug-likeness (QED) is 0.416. The number of nitrogens with zero attached hydrogens (tertiary/aromatic N) is 4. The molecule has 10 nitrogen and oxygen atoms in total. The number of sulfonamides is 1. The number of carboxylic acids is 1. The molecule has 0 aliphatic heterocycles. The molecule has 33 heavy (non-hydrogen) atoms. The largest absolute Gasteiger partial charge is 0.480 e. The van der Waals surface area contributed by atoms with E-state index in [2.05, 4.69) is 15.0 Å². The van der Waals surface area contributed by atoms with Gasteiger partial charge in [0.1, 0.15) is 12.1 Å². The predicted molar refractivity (Wildman–Crippen MR) is 112 cm³/mol. The second-order valence-corrected chi connectivity index (χ2v) is 8.61. The van der Waals surface area contributed by atoms with Crippen molar-refractivity contribution in [3.8, 4) is 17.0 Å². The van der Waals surface area contributed by atoms with Crippen molar-refractivity contribution in [2.45, 2.75) is 4.90 Å². The van der Waals surface area contributed by atoms with Gasteiger partial charge in [-0.05, 0) is 18.2 Å². The Labute approximate surface area is 189 Å². The first kappa shape index (κ1) is 22.4. The average molecular weight is 496 g/mol. The number of ether oxygens (including phenoxy) is 1. The molecule has 4 aromatic rings. The molecule has 4 rings (SSSR count). The van der Waals surface area contributed by atoms with E-state index < -0.39 is 43.8 Å². The number of nitrogens with one attached hydrogen (secondary N) is 1. The van der Waals surface area contributed by atoms with Crippen molar-refractivity contribution < 1.29 is 31.8 Å². The Balaban J connectivity index is 1.79. The van der Waals surface area contributed by atoms with E-state index in [1.54, 1.807) is 0 Å². The highest BCUT2D eigenvalue weighted by molar-refractivity contribution is 7.92. The summed E-state index contributed by atoms with van der Waals surface area (Å²) in [4.78, 5) is 22.1. The minimum Gasteiger partial charge on any atom is -0.480 e. The summed E-state index contributed by atoms with van der Waals surface area (Å²) in [5.74, 6) is -3.83. The number of aromatic nitrogens is 4. The van der Waals surface area contributed by atoms with Crippen LogP contribution < -0.4 is 9.46 Å². The molecular formula is C19H12ClF2N5O5S. The van der Waals surface area contributed by atoms with Gasteiger partial charge in [0.05, 0.1) is 23.4 Å². The highest BCUT2D eigenvalue weighted by atomic mass is 35.5. The smallest absolute Gasteiger partial charge is 0.358 e. The number of methoxy groups -OCH3 is 1. The molecule has 2 N–H and O–H groups in total. The Morgan fingerprint density at radius 2 is 1.97 bits per heavy atom. The van der Waals surface area contributed by atoms with Gasteiger partial charge < -0.3 is 9.84 Å². The monoisotopic (exact) mass is 495 g/mol. The van der Waals surface area contributed by atoms with E-state index in [1.807, 2.05) is 4.72 Å². The summed E-state index contributed by atoms with van der Waals surface area (Å²) in [6.45, 7) is 0. The summed E-state index contributed by atoms with van der Waals surface area (Å²) < 4.78 is 63.6. The fraction of sp³-hybridized carbons (Fsp3) is 0.0526. The van der Waals surface area contributed by atoms with Gasteiger partial charge in [0, 0.05) is 24.2 Å². The zero-order valence-electron chi connectivity index (χ0n) is 16.5. The van der Waals surface area contributed by atoms with Gasteiger partial charge in [-0.25, -0.2) is 36.9 Å². The lowest BCUT2D eigenvalue weighted by Crippen LogP contribution is -2.16. The summed E-state index contributed by atoms with van der Waals surface area (Å²) in [5, 5.41) is 9.11. The van der Waals surface area contributed by atoms with Crippen LogP contribution in [0.2, 0.25) is 5.02 Å². The van der Waals surface area contributed by atoms with Gasteiger partial charge in [-0.3, -0.25) is 9.12 Å². The second kappa shape index (κ2) is 8.26. The first-order valence-electron chi connectivity index (χ1n) is 8.89. The van der Waals surface area contributed by atoms with Crippen LogP contribution in [0, 0.1) is 11.6 Å². The molecule has 0 atom stereocenters. The number of hydrogen-bond donors (Lipinski definition) is 2. The van der Waals surface area contributed by atoms with Crippen LogP contribution in [0.3, 0.4) is 0 Å². The van der Waals surface area contributed by atoms with E-state index in [0.717, 1.165) is 30.7 Å². The molecule has 14 heteroatoms. The topological polar surface area (TPSA) is 136 Å². The number of pyridine rings is 1. The Morgan fingerprint density at radius 1 is 1.21 bits per heavy atom. The lowest BCUT2D eigenvalue weighted by atomic mass is 10.1. The Morgan fingerprint density at radius 3 is 2.67 bits per heavy atom. The van der Waals surface area contributed by atoms with Crippen molar-refractivity contribution >= 4 is 38.9 Å². The number of carboxylic acid groups (broad SMARTS) is 1. The number of fused-ring (bicyclic) bond motifs is 1. The van der Waals surface area contributed by atoms with Crippen LogP contribution in [0.25, 0.3) is 16.8 Å². The molecule has 0 bridgehead atoms. The molecular weight excluding hydrogens is 484 g/mol. The van der Waals surface area contributed by atoms with E-state index >= 15 is 4.39 Å². The third-order valence-corrected chi connectivity index (χ3v) is 6.03. The van der Waals surface area contributed by atoms with Gasteiger partial charge in [0.15, 0.2) is 22.1 Å². The fourth-order valence-electron chi connectivity index (χ4n) is 3.02. The number of carbonyl (C=O) groups is 1. The number of halogens is 3. The summed E-state index contributed by atoms with van der Waals surface area (Å²) >= 11 is 5.82. The number of imidazole rings is 1. The standard InChI is InChI=1S/C19H12ClF2N5O5S/c1-32-18-13(4-10(20)6-24-18)33(30,31)26-12-3-2-11(21)14(15(12)22)9-5-23-17-16(19(28)29)25-8-27(17)7-9/h2-8,26H,1H3,(H,28,29). The van der Waals surface area contributed by atoms with Crippen LogP contribution in [0.4, 0.5) is 14.5 Å². The summed E-state index contributed by atoms with van der Waals surface area (Å²) in [6.07, 6.45) is 4.56. The first-order chi connectivity index (χ1) is 15.6. The van der Waals surface area contributed by atoms with Crippen molar-refractivity contribution in [2.75, 3.05) is 11.8 Å². The van der Waals surface area contributed by atoms with E-state index in [9.17, 15) is 17.6 Å². The maximum Gasteiger partial charge on any atom is 0.358 e. The Hall–Kier alpha value is -3.84. The number of hydrogen-bond acceptors (Lipinski definition) is 7. The SMILES string of the molecule is COc1ncc(Cl)cc1S(=O)(=O)Nc1ccc(F)c(-c2cnc3c(C(=O)O)ncn3c2)c1F. The predicted octanol–water partition coefficient (Wildman–Crippen LogP) is 3.23.